The van der Waals surface area contributed by atoms with Crippen molar-refractivity contribution < 1.29 is 63.0 Å². The summed E-state index contributed by atoms with van der Waals surface area (Å²) in [6.45, 7) is 19.5. The Kier molecular flexibility index (Phi) is 16.1. The normalized spacial score (nSPS) is 32.5. The number of aliphatic hydroxyl groups excluding tert-OH is 2. The van der Waals surface area contributed by atoms with Crippen molar-refractivity contribution in [1.29, 1.82) is 0 Å². The molecule has 5 bridgehead atoms. The van der Waals surface area contributed by atoms with Crippen LogP contribution in [-0.4, -0.2) is 149 Å². The van der Waals surface area contributed by atoms with Crippen LogP contribution in [0.3, 0.4) is 0 Å². The number of benzene rings is 1. The predicted molar refractivity (Wildman–Crippen MR) is 262 cm³/mol. The standard InChI is InChI=1S/C53H73N5O13/c1-27(2)26-58-22-18-53(19-23-58)55-41-38-39-46(63)33(8)49-40(38)50(65)52(9,71-49)68-24-17-35(67-11)30(5)48(70-37(60)25-36(59)69-34-15-20-57(10)21-16-34)32(7)45(62)31(6)44(61)28(3)13-12-14-29(4)51(66)54-43(47(39)64)42(41)56-53/h12-14,17,24,27-28,30-32,34-35,44-45,48,56,61-63H,15-16,18-23,25-26H2,1-11H3,(H,54,66)/b13-12+,24-17+,29-14-/t28-,30+,31+,32+,35-,44-,45+,48+,52-/m0/s1. The number of hydrogen-bond donors (Lipinski definition) is 5. The van der Waals surface area contributed by atoms with Gasteiger partial charge in [0.2, 0.25) is 5.78 Å². The van der Waals surface area contributed by atoms with Gasteiger partial charge in [0.25, 0.3) is 11.7 Å². The summed E-state index contributed by atoms with van der Waals surface area (Å²) in [6, 6.07) is 0. The fourth-order valence-corrected chi connectivity index (χ4v) is 10.7. The molecule has 18 nitrogen and oxygen atoms in total. The molecule has 1 amide bonds. The number of carbonyl (C=O) groups excluding carboxylic acids is 5. The number of Topliss-reactive ketones (excluding diaryl/α,β-unsaturated/α-hetero) is 2. The lowest BCUT2D eigenvalue weighted by Gasteiger charge is -2.38. The number of hydrogen-bond acceptors (Lipinski definition) is 17. The van der Waals surface area contributed by atoms with Gasteiger partial charge < -0.3 is 59.4 Å². The van der Waals surface area contributed by atoms with Gasteiger partial charge in [0.1, 0.15) is 41.5 Å². The Morgan fingerprint density at radius 3 is 2.21 bits per heavy atom. The van der Waals surface area contributed by atoms with Crippen LogP contribution >= 0.6 is 0 Å². The van der Waals surface area contributed by atoms with Crippen molar-refractivity contribution in [1.82, 2.24) is 20.4 Å². The molecule has 71 heavy (non-hydrogen) atoms. The Bertz CT molecular complexity index is 2430. The van der Waals surface area contributed by atoms with Gasteiger partial charge in [0.15, 0.2) is 0 Å². The topological polar surface area (TPSA) is 235 Å². The molecule has 9 atom stereocenters. The van der Waals surface area contributed by atoms with E-state index in [4.69, 9.17) is 28.7 Å². The van der Waals surface area contributed by atoms with E-state index in [0.717, 1.165) is 19.6 Å². The number of likely N-dealkylation sites (tertiary alicyclic amines) is 2. The quantitative estimate of drug-likeness (QED) is 0.185. The number of esters is 2. The van der Waals surface area contributed by atoms with Crippen LogP contribution in [0.2, 0.25) is 0 Å². The van der Waals surface area contributed by atoms with Crippen molar-refractivity contribution in [2.24, 2.45) is 34.6 Å². The zero-order valence-electron chi connectivity index (χ0n) is 43.0. The third kappa shape index (κ3) is 10.9. The van der Waals surface area contributed by atoms with Crippen molar-refractivity contribution in [3.8, 4) is 11.5 Å². The van der Waals surface area contributed by atoms with Crippen LogP contribution < -0.4 is 15.4 Å². The first-order valence-electron chi connectivity index (χ1n) is 25.0. The lowest BCUT2D eigenvalue weighted by molar-refractivity contribution is -0.169. The number of carbonyl (C=O) groups is 5. The van der Waals surface area contributed by atoms with Crippen molar-refractivity contribution >= 4 is 35.1 Å². The van der Waals surface area contributed by atoms with Crippen LogP contribution in [0, 0.1) is 36.5 Å². The molecule has 1 spiro atoms. The fourth-order valence-electron chi connectivity index (χ4n) is 10.7. The molecule has 5 N–H and O–H groups in total. The lowest BCUT2D eigenvalue weighted by atomic mass is 9.78. The minimum Gasteiger partial charge on any atom is -0.507 e. The van der Waals surface area contributed by atoms with Crippen LogP contribution in [0.1, 0.15) is 119 Å². The number of phenols is 1. The van der Waals surface area contributed by atoms with E-state index in [0.29, 0.717) is 44.7 Å². The molecule has 18 heteroatoms. The van der Waals surface area contributed by atoms with E-state index in [1.54, 1.807) is 46.8 Å². The summed E-state index contributed by atoms with van der Waals surface area (Å²) in [4.78, 5) is 80.1. The number of fused-ring (bicyclic) bond motifs is 13. The SMILES string of the molecule is CO[C@H]1/C=C/O[C@@]2(C)Oc3c(C)c(O)c4c(c3C2=O)C2=NC3(CCN(CC(C)C)CC3)NC2=C(NC(=O)/C(C)=C\C=C\[C@H](C)[C@H](O)[C@@H](C)[C@@H](O)[C@@H](C)[C@H](OC(=O)CC(=O)OC2CCN(C)CC2)[C@@H]1C)C4=O. The molecule has 2 fully saturated rings. The number of aliphatic imine (C=N–C) groups is 1. The number of aromatic hydroxyl groups is 1. The molecule has 0 aromatic heterocycles. The summed E-state index contributed by atoms with van der Waals surface area (Å²) >= 11 is 0. The summed E-state index contributed by atoms with van der Waals surface area (Å²) in [5.74, 6) is -8.54. The maximum atomic E-state index is 14.9. The maximum Gasteiger partial charge on any atom is 0.317 e. The van der Waals surface area contributed by atoms with Gasteiger partial charge in [-0.25, -0.2) is 0 Å². The molecule has 6 aliphatic heterocycles. The Morgan fingerprint density at radius 1 is 0.901 bits per heavy atom. The van der Waals surface area contributed by atoms with Gasteiger partial charge in [-0.05, 0) is 45.7 Å². The highest BCUT2D eigenvalue weighted by atomic mass is 16.7. The van der Waals surface area contributed by atoms with Gasteiger partial charge in [0, 0.05) is 100.0 Å². The lowest BCUT2D eigenvalue weighted by Crippen LogP contribution is -2.50. The van der Waals surface area contributed by atoms with Crippen LogP contribution in [0.5, 0.6) is 11.5 Å². The first-order valence-corrected chi connectivity index (χ1v) is 25.0. The van der Waals surface area contributed by atoms with Gasteiger partial charge in [-0.2, -0.15) is 0 Å². The van der Waals surface area contributed by atoms with Gasteiger partial charge in [0.05, 0.1) is 47.1 Å². The minimum atomic E-state index is -2.03. The zero-order valence-corrected chi connectivity index (χ0v) is 43.0. The summed E-state index contributed by atoms with van der Waals surface area (Å²) in [7, 11) is 3.41. The van der Waals surface area contributed by atoms with Crippen LogP contribution in [0.15, 0.2) is 52.5 Å². The molecule has 0 unspecified atom stereocenters. The van der Waals surface area contributed by atoms with Gasteiger partial charge >= 0.3 is 17.7 Å². The van der Waals surface area contributed by atoms with Crippen molar-refractivity contribution in [2.45, 2.75) is 136 Å². The van der Waals surface area contributed by atoms with Gasteiger partial charge in [-0.15, -0.1) is 0 Å². The number of nitrogens with one attached hydrogen (secondary N) is 2. The van der Waals surface area contributed by atoms with Gasteiger partial charge in [-0.1, -0.05) is 59.8 Å². The second-order valence-electron chi connectivity index (χ2n) is 21.1. The Labute approximate surface area is 416 Å². The molecule has 2 saturated heterocycles. The monoisotopic (exact) mass is 988 g/mol. The molecular weight excluding hydrogens is 915 g/mol. The summed E-state index contributed by atoms with van der Waals surface area (Å²) < 4.78 is 30.1. The summed E-state index contributed by atoms with van der Waals surface area (Å²) in [5.41, 5.74) is -0.422. The van der Waals surface area contributed by atoms with E-state index in [1.807, 2.05) is 7.05 Å². The number of piperidine rings is 2. The smallest absolute Gasteiger partial charge is 0.317 e. The Morgan fingerprint density at radius 2 is 1.56 bits per heavy atom. The average molecular weight is 988 g/mol. The number of aliphatic hydroxyl groups is 2. The molecule has 0 saturated carbocycles. The van der Waals surface area contributed by atoms with Crippen molar-refractivity contribution in [3.05, 3.63) is 69.8 Å². The molecule has 1 aromatic carbocycles. The van der Waals surface area contributed by atoms with E-state index in [-0.39, 0.29) is 56.8 Å². The molecule has 388 valence electrons. The second kappa shape index (κ2) is 21.4. The molecule has 8 rings (SSSR count). The highest BCUT2D eigenvalue weighted by Crippen LogP contribution is 2.50. The predicted octanol–water partition coefficient (Wildman–Crippen LogP) is 4.62. The average Bonchev–Trinajstić information content (AvgIpc) is 3.83. The Hall–Kier alpha value is -5.40. The van der Waals surface area contributed by atoms with Crippen LogP contribution in [0.25, 0.3) is 0 Å². The third-order valence-electron chi connectivity index (χ3n) is 15.2. The van der Waals surface area contributed by atoms with Crippen molar-refractivity contribution in [3.63, 3.8) is 0 Å². The van der Waals surface area contributed by atoms with E-state index in [1.165, 1.54) is 39.4 Å². The molecule has 0 radical (unpaired) electrons. The molecule has 6 heterocycles. The number of nitrogens with zero attached hydrogens (tertiary/aromatic N) is 3. The number of amides is 1. The van der Waals surface area contributed by atoms with E-state index in [2.05, 4.69) is 34.3 Å². The zero-order chi connectivity index (χ0) is 51.9. The number of phenolic OH excluding ortho intramolecular Hbond substituents is 1. The third-order valence-corrected chi connectivity index (χ3v) is 15.2. The number of ketones is 2. The summed E-state index contributed by atoms with van der Waals surface area (Å²) in [5, 5.41) is 41.7. The highest BCUT2D eigenvalue weighted by molar-refractivity contribution is 6.34. The molecule has 1 aliphatic carbocycles. The van der Waals surface area contributed by atoms with Crippen LogP contribution in [-0.2, 0) is 33.3 Å². The fraction of sp³-hybridized carbons (Fsp3) is 0.623. The summed E-state index contributed by atoms with van der Waals surface area (Å²) in [6.07, 6.45) is 4.60. The number of allylic oxidation sites excluding steroid dienone is 4. The highest BCUT2D eigenvalue weighted by Gasteiger charge is 2.54. The Balaban J connectivity index is 1.27. The molecule has 1 aromatic rings. The minimum absolute atomic E-state index is 0.000362. The molecular formula is C53H73N5O13. The number of ether oxygens (including phenoxy) is 5. The maximum absolute atomic E-state index is 14.9. The van der Waals surface area contributed by atoms with Crippen LogP contribution in [0.4, 0.5) is 0 Å². The first-order chi connectivity index (χ1) is 33.5. The number of methoxy groups -OCH3 is 1. The van der Waals surface area contributed by atoms with Gasteiger partial charge in [-0.3, -0.25) is 29.0 Å². The van der Waals surface area contributed by atoms with E-state index < -0.39 is 101 Å². The van der Waals surface area contributed by atoms with E-state index in [9.17, 15) is 39.3 Å². The molecule has 7 aliphatic rings. The van der Waals surface area contributed by atoms with Crippen molar-refractivity contribution in [2.75, 3.05) is 46.9 Å². The second-order valence-corrected chi connectivity index (χ2v) is 21.1. The largest absolute Gasteiger partial charge is 0.507 e. The first kappa shape index (κ1) is 53.4. The number of rotatable bonds is 7. The van der Waals surface area contributed by atoms with E-state index >= 15 is 0 Å².